The van der Waals surface area contributed by atoms with Crippen LogP contribution in [0.1, 0.15) is 25.6 Å². The average Bonchev–Trinajstić information content (AvgIpc) is 3.03. The maximum atomic E-state index is 13.3. The van der Waals surface area contributed by atoms with E-state index in [4.69, 9.17) is 10.8 Å². The van der Waals surface area contributed by atoms with Gasteiger partial charge in [0, 0.05) is 44.4 Å². The number of piperidine rings is 1. The van der Waals surface area contributed by atoms with Gasteiger partial charge in [-0.25, -0.2) is 18.7 Å². The monoisotopic (exact) mass is 379 g/mol. The van der Waals surface area contributed by atoms with Crippen LogP contribution in [0.4, 0.5) is 20.4 Å². The summed E-state index contributed by atoms with van der Waals surface area (Å²) in [5, 5.41) is 8.97. The van der Waals surface area contributed by atoms with Crippen molar-refractivity contribution in [1.29, 1.82) is 0 Å². The highest BCUT2D eigenvalue weighted by Gasteiger charge is 2.56. The number of anilines is 2. The van der Waals surface area contributed by atoms with E-state index >= 15 is 0 Å². The van der Waals surface area contributed by atoms with E-state index in [2.05, 4.69) is 21.8 Å². The number of carboxylic acid groups (broad SMARTS) is 1. The van der Waals surface area contributed by atoms with Gasteiger partial charge in [0.2, 0.25) is 0 Å². The molecule has 0 spiro atoms. The summed E-state index contributed by atoms with van der Waals surface area (Å²) >= 11 is 0. The van der Waals surface area contributed by atoms with Crippen LogP contribution in [-0.4, -0.2) is 53.1 Å². The molecule has 3 atom stereocenters. The second-order valence-corrected chi connectivity index (χ2v) is 7.66. The molecule has 1 aromatic rings. The maximum absolute atomic E-state index is 13.3. The summed E-state index contributed by atoms with van der Waals surface area (Å²) in [7, 11) is 0. The molecule has 4 rings (SSSR count). The minimum atomic E-state index is -2.75. The van der Waals surface area contributed by atoms with Crippen molar-refractivity contribution in [1.82, 2.24) is 9.97 Å². The lowest BCUT2D eigenvalue weighted by Gasteiger charge is -2.40. The largest absolute Gasteiger partial charge is 0.481 e. The van der Waals surface area contributed by atoms with Crippen molar-refractivity contribution in [3.05, 3.63) is 18.1 Å². The highest BCUT2D eigenvalue weighted by molar-refractivity contribution is 5.68. The summed E-state index contributed by atoms with van der Waals surface area (Å²) in [6.07, 6.45) is -0.648. The van der Waals surface area contributed by atoms with Gasteiger partial charge in [-0.3, -0.25) is 4.79 Å². The van der Waals surface area contributed by atoms with E-state index in [1.54, 1.807) is 0 Å². The van der Waals surface area contributed by atoms with E-state index in [1.165, 1.54) is 0 Å². The quantitative estimate of drug-likeness (QED) is 0.778. The Morgan fingerprint density at radius 1 is 1.37 bits per heavy atom. The number of alkyl halides is 2. The normalized spacial score (nSPS) is 29.7. The van der Waals surface area contributed by atoms with Crippen molar-refractivity contribution in [3.8, 4) is 0 Å². The molecule has 9 heteroatoms. The fourth-order valence-corrected chi connectivity index (χ4v) is 4.30. The molecule has 3 fully saturated rings. The van der Waals surface area contributed by atoms with E-state index < -0.39 is 12.4 Å². The zero-order valence-corrected chi connectivity index (χ0v) is 15.1. The maximum Gasteiger partial charge on any atom is 0.303 e. The van der Waals surface area contributed by atoms with Crippen molar-refractivity contribution in [3.63, 3.8) is 0 Å². The summed E-state index contributed by atoms with van der Waals surface area (Å²) in [5.41, 5.74) is 5.02. The molecule has 3 N–H and O–H groups in total. The second-order valence-electron chi connectivity index (χ2n) is 7.66. The first-order chi connectivity index (χ1) is 12.9. The van der Waals surface area contributed by atoms with Gasteiger partial charge in [0.25, 0.3) is 6.43 Å². The lowest BCUT2D eigenvalue weighted by Crippen LogP contribution is -2.46. The van der Waals surface area contributed by atoms with Crippen LogP contribution >= 0.6 is 0 Å². The van der Waals surface area contributed by atoms with Gasteiger partial charge in [-0.1, -0.05) is 0 Å². The number of nitrogens with zero attached hydrogens (tertiary/aromatic N) is 4. The van der Waals surface area contributed by atoms with Crippen LogP contribution in [0.2, 0.25) is 0 Å². The summed E-state index contributed by atoms with van der Waals surface area (Å²) in [5.74, 6) is 1.33. The summed E-state index contributed by atoms with van der Waals surface area (Å²) < 4.78 is 26.7. The summed E-state index contributed by atoms with van der Waals surface area (Å²) in [4.78, 5) is 23.7. The smallest absolute Gasteiger partial charge is 0.303 e. The Morgan fingerprint density at radius 2 is 2.04 bits per heavy atom. The van der Waals surface area contributed by atoms with E-state index in [-0.39, 0.29) is 23.7 Å². The van der Waals surface area contributed by atoms with Crippen molar-refractivity contribution in [2.45, 2.75) is 32.2 Å². The third kappa shape index (κ3) is 3.19. The van der Waals surface area contributed by atoms with Crippen LogP contribution < -0.4 is 15.5 Å². The first-order valence-corrected chi connectivity index (χ1v) is 9.21. The van der Waals surface area contributed by atoms with Crippen molar-refractivity contribution < 1.29 is 18.7 Å². The molecule has 27 heavy (non-hydrogen) atoms. The molecule has 0 aromatic carbocycles. The number of aromatic nitrogens is 2. The molecule has 0 bridgehead atoms. The first-order valence-electron chi connectivity index (χ1n) is 9.21. The molecule has 0 radical (unpaired) electrons. The average molecular weight is 379 g/mol. The van der Waals surface area contributed by atoms with Crippen LogP contribution in [0.15, 0.2) is 12.3 Å². The molecule has 0 amide bonds. The number of carboxylic acids is 1. The fourth-order valence-electron chi connectivity index (χ4n) is 4.30. The number of fused-ring (bicyclic) bond motifs is 1. The number of halogens is 2. The zero-order chi connectivity index (χ0) is 19.3. The Balaban J connectivity index is 1.59. The molecule has 2 aliphatic heterocycles. The minimum absolute atomic E-state index is 0.0400. The molecule has 3 aliphatic rings. The molecule has 1 saturated carbocycles. The number of carbonyl (C=O) groups is 1. The van der Waals surface area contributed by atoms with Crippen LogP contribution in [0.5, 0.6) is 0 Å². The molecule has 1 aromatic heterocycles. The molecular formula is C18H23F2N5O2. The van der Waals surface area contributed by atoms with Crippen molar-refractivity contribution >= 4 is 23.2 Å². The van der Waals surface area contributed by atoms with Gasteiger partial charge in [0.05, 0.1) is 5.57 Å². The van der Waals surface area contributed by atoms with E-state index in [9.17, 15) is 13.6 Å². The molecule has 146 valence electrons. The number of aliphatic carboxylic acids is 1. The molecule has 3 heterocycles. The van der Waals surface area contributed by atoms with Gasteiger partial charge < -0.3 is 20.6 Å². The minimum Gasteiger partial charge on any atom is -0.481 e. The fraction of sp³-hybridized carbons (Fsp3) is 0.611. The van der Waals surface area contributed by atoms with E-state index in [0.29, 0.717) is 42.6 Å². The van der Waals surface area contributed by atoms with Gasteiger partial charge in [0.15, 0.2) is 5.82 Å². The van der Waals surface area contributed by atoms with E-state index in [1.807, 2.05) is 11.0 Å². The van der Waals surface area contributed by atoms with Crippen molar-refractivity contribution in [2.75, 3.05) is 29.4 Å². The van der Waals surface area contributed by atoms with Crippen LogP contribution in [0.3, 0.4) is 0 Å². The Morgan fingerprint density at radius 3 is 2.52 bits per heavy atom. The SMILES string of the molecule is CC1CCN1c1cc(N2CC3C(CC(=O)O)C3C2)nc(C(=CN)C(F)F)n1. The molecule has 1 aliphatic carbocycles. The number of hydrogen-bond donors (Lipinski definition) is 2. The van der Waals surface area contributed by atoms with Gasteiger partial charge in [0.1, 0.15) is 11.6 Å². The standard InChI is InChI=1S/C18H23F2N5O2/c1-9-2-3-25(9)15-5-14(22-18(23-15)11(6-21)17(19)20)24-7-12-10(4-16(26)27)13(12)8-24/h5-6,9-10,12-13,17H,2-4,7-8,21H2,1H3,(H,26,27). The third-order valence-corrected chi connectivity index (χ3v) is 6.09. The number of hydrogen-bond acceptors (Lipinski definition) is 6. The Bertz CT molecular complexity index is 775. The Kier molecular flexibility index (Phi) is 4.39. The first kappa shape index (κ1) is 17.9. The number of allylic oxidation sites excluding steroid dienone is 1. The number of nitrogens with two attached hydrogens (primary N) is 1. The lowest BCUT2D eigenvalue weighted by molar-refractivity contribution is -0.137. The summed E-state index contributed by atoms with van der Waals surface area (Å²) in [6, 6.07) is 2.15. The van der Waals surface area contributed by atoms with E-state index in [0.717, 1.165) is 19.2 Å². The Hall–Kier alpha value is -2.45. The number of rotatable bonds is 6. The highest BCUT2D eigenvalue weighted by Crippen LogP contribution is 2.54. The van der Waals surface area contributed by atoms with Gasteiger partial charge in [-0.15, -0.1) is 0 Å². The molecular weight excluding hydrogens is 356 g/mol. The van der Waals surface area contributed by atoms with Gasteiger partial charge in [-0.05, 0) is 31.1 Å². The predicted molar refractivity (Wildman–Crippen MR) is 96.6 cm³/mol. The zero-order valence-electron chi connectivity index (χ0n) is 15.1. The lowest BCUT2D eigenvalue weighted by atomic mass is 10.1. The highest BCUT2D eigenvalue weighted by atomic mass is 19.3. The van der Waals surface area contributed by atoms with Crippen LogP contribution in [-0.2, 0) is 4.79 Å². The van der Waals surface area contributed by atoms with Crippen LogP contribution in [0, 0.1) is 17.8 Å². The molecule has 2 saturated heterocycles. The third-order valence-electron chi connectivity index (χ3n) is 6.09. The Labute approximate surface area is 155 Å². The topological polar surface area (TPSA) is 95.6 Å². The second kappa shape index (κ2) is 6.61. The predicted octanol–water partition coefficient (Wildman–Crippen LogP) is 1.80. The van der Waals surface area contributed by atoms with Gasteiger partial charge in [-0.2, -0.15) is 0 Å². The summed E-state index contributed by atoms with van der Waals surface area (Å²) in [6.45, 7) is 4.30. The molecule has 7 nitrogen and oxygen atoms in total. The van der Waals surface area contributed by atoms with Crippen molar-refractivity contribution in [2.24, 2.45) is 23.5 Å². The van der Waals surface area contributed by atoms with Crippen LogP contribution in [0.25, 0.3) is 5.57 Å². The molecule has 3 unspecified atom stereocenters. The van der Waals surface area contributed by atoms with Gasteiger partial charge >= 0.3 is 5.97 Å².